The number of carboxylic acids is 1. The maximum Gasteiger partial charge on any atom is 0.313 e. The molecule has 0 aromatic heterocycles. The molecule has 3 nitrogen and oxygen atoms in total. The highest BCUT2D eigenvalue weighted by Gasteiger charge is 2.30. The van der Waals surface area contributed by atoms with E-state index in [1.54, 1.807) is 25.6 Å². The molecule has 0 unspecified atom stereocenters. The average Bonchev–Trinajstić information content (AvgIpc) is 2.28. The van der Waals surface area contributed by atoms with Gasteiger partial charge in [0.15, 0.2) is 0 Å². The van der Waals surface area contributed by atoms with Crippen molar-refractivity contribution in [2.24, 2.45) is 0 Å². The van der Waals surface area contributed by atoms with Crippen molar-refractivity contribution in [2.75, 3.05) is 17.6 Å². The van der Waals surface area contributed by atoms with E-state index in [0.29, 0.717) is 0 Å². The quantitative estimate of drug-likeness (QED) is 0.830. The number of rotatable bonds is 2. The first-order valence-electron chi connectivity index (χ1n) is 5.26. The molecule has 4 heteroatoms. The number of carboxylic acid groups (broad SMARTS) is 1. The molecule has 0 atom stereocenters. The Balaban J connectivity index is 2.40. The first-order chi connectivity index (χ1) is 7.51. The summed E-state index contributed by atoms with van der Waals surface area (Å²) in [6.07, 6.45) is 0. The Labute approximate surface area is 99.2 Å². The molecule has 0 spiro atoms. The van der Waals surface area contributed by atoms with Gasteiger partial charge in [-0.15, -0.1) is 11.8 Å². The zero-order valence-electron chi connectivity index (χ0n) is 9.41. The monoisotopic (exact) mass is 237 g/mol. The zero-order chi connectivity index (χ0) is 11.8. The van der Waals surface area contributed by atoms with E-state index in [1.165, 1.54) is 4.90 Å². The van der Waals surface area contributed by atoms with Crippen LogP contribution in [-0.4, -0.2) is 23.4 Å². The van der Waals surface area contributed by atoms with Crippen molar-refractivity contribution >= 4 is 23.4 Å². The molecule has 1 aliphatic rings. The third kappa shape index (κ3) is 1.89. The first kappa shape index (κ1) is 11.3. The molecule has 2 rings (SSSR count). The maximum atomic E-state index is 11.2. The molecule has 0 saturated carbocycles. The second kappa shape index (κ2) is 4.01. The lowest BCUT2D eigenvalue weighted by Crippen LogP contribution is -2.28. The van der Waals surface area contributed by atoms with E-state index in [1.807, 2.05) is 18.2 Å². The van der Waals surface area contributed by atoms with E-state index < -0.39 is 11.4 Å². The van der Waals surface area contributed by atoms with E-state index in [9.17, 15) is 9.90 Å². The van der Waals surface area contributed by atoms with Crippen molar-refractivity contribution in [3.63, 3.8) is 0 Å². The number of fused-ring (bicyclic) bond motifs is 1. The lowest BCUT2D eigenvalue weighted by atomic mass is 9.84. The molecule has 1 aliphatic heterocycles. The van der Waals surface area contributed by atoms with Gasteiger partial charge in [0.1, 0.15) is 0 Å². The van der Waals surface area contributed by atoms with Gasteiger partial charge in [-0.25, -0.2) is 0 Å². The van der Waals surface area contributed by atoms with Gasteiger partial charge in [-0.05, 0) is 31.5 Å². The van der Waals surface area contributed by atoms with Crippen LogP contribution in [0.5, 0.6) is 0 Å². The van der Waals surface area contributed by atoms with Gasteiger partial charge in [0.05, 0.1) is 5.41 Å². The lowest BCUT2D eigenvalue weighted by molar-refractivity contribution is -0.142. The summed E-state index contributed by atoms with van der Waals surface area (Å²) in [7, 11) is 0. The van der Waals surface area contributed by atoms with Crippen molar-refractivity contribution < 1.29 is 9.90 Å². The van der Waals surface area contributed by atoms with Crippen LogP contribution in [0.1, 0.15) is 19.4 Å². The summed E-state index contributed by atoms with van der Waals surface area (Å²) in [4.78, 5) is 12.4. The van der Waals surface area contributed by atoms with Crippen LogP contribution < -0.4 is 5.32 Å². The van der Waals surface area contributed by atoms with Crippen LogP contribution >= 0.6 is 11.8 Å². The van der Waals surface area contributed by atoms with E-state index in [-0.39, 0.29) is 0 Å². The number of benzene rings is 1. The molecule has 2 N–H and O–H groups in total. The van der Waals surface area contributed by atoms with Crippen LogP contribution in [-0.2, 0) is 10.2 Å². The van der Waals surface area contributed by atoms with Crippen molar-refractivity contribution in [3.8, 4) is 0 Å². The van der Waals surface area contributed by atoms with Gasteiger partial charge in [0.2, 0.25) is 0 Å². The standard InChI is InChI=1S/C12H15NO2S/c1-12(2,11(14)15)8-3-4-10-9(7-8)13-5-6-16-10/h3-4,7,13H,5-6H2,1-2H3,(H,14,15). The van der Waals surface area contributed by atoms with E-state index in [0.717, 1.165) is 23.5 Å². The summed E-state index contributed by atoms with van der Waals surface area (Å²) in [6.45, 7) is 4.40. The molecule has 0 fully saturated rings. The summed E-state index contributed by atoms with van der Waals surface area (Å²) in [6, 6.07) is 5.87. The van der Waals surface area contributed by atoms with Crippen LogP contribution in [0, 0.1) is 0 Å². The molecule has 1 aromatic rings. The second-order valence-electron chi connectivity index (χ2n) is 4.42. The predicted molar refractivity (Wildman–Crippen MR) is 66.3 cm³/mol. The Morgan fingerprint density at radius 1 is 1.50 bits per heavy atom. The molecule has 1 aromatic carbocycles. The minimum atomic E-state index is -0.835. The number of nitrogens with one attached hydrogen (secondary N) is 1. The Morgan fingerprint density at radius 2 is 2.25 bits per heavy atom. The van der Waals surface area contributed by atoms with Gasteiger partial charge in [-0.3, -0.25) is 4.79 Å². The minimum Gasteiger partial charge on any atom is -0.481 e. The maximum absolute atomic E-state index is 11.2. The van der Waals surface area contributed by atoms with E-state index >= 15 is 0 Å². The molecule has 0 saturated heterocycles. The molecule has 86 valence electrons. The van der Waals surface area contributed by atoms with Crippen molar-refractivity contribution in [1.29, 1.82) is 0 Å². The normalized spacial score (nSPS) is 15.1. The molecule has 0 bridgehead atoms. The highest BCUT2D eigenvalue weighted by Crippen LogP contribution is 2.34. The summed E-state index contributed by atoms with van der Waals surface area (Å²) in [5.41, 5.74) is 1.07. The van der Waals surface area contributed by atoms with Crippen LogP contribution in [0.3, 0.4) is 0 Å². The van der Waals surface area contributed by atoms with Gasteiger partial charge >= 0.3 is 5.97 Å². The summed E-state index contributed by atoms with van der Waals surface area (Å²) >= 11 is 1.81. The van der Waals surface area contributed by atoms with Gasteiger partial charge in [-0.2, -0.15) is 0 Å². The van der Waals surface area contributed by atoms with Crippen LogP contribution in [0.2, 0.25) is 0 Å². The fourth-order valence-electron chi connectivity index (χ4n) is 1.65. The third-order valence-electron chi connectivity index (χ3n) is 2.91. The van der Waals surface area contributed by atoms with Gasteiger partial charge in [-0.1, -0.05) is 6.07 Å². The van der Waals surface area contributed by atoms with Crippen molar-refractivity contribution in [1.82, 2.24) is 0 Å². The molecule has 16 heavy (non-hydrogen) atoms. The number of anilines is 1. The highest BCUT2D eigenvalue weighted by atomic mass is 32.2. The van der Waals surface area contributed by atoms with E-state index in [4.69, 9.17) is 0 Å². The topological polar surface area (TPSA) is 49.3 Å². The van der Waals surface area contributed by atoms with Gasteiger partial charge in [0, 0.05) is 22.9 Å². The molecule has 0 amide bonds. The van der Waals surface area contributed by atoms with E-state index in [2.05, 4.69) is 5.32 Å². The number of aliphatic carboxylic acids is 1. The first-order valence-corrected chi connectivity index (χ1v) is 6.25. The molecule has 0 radical (unpaired) electrons. The van der Waals surface area contributed by atoms with Crippen LogP contribution in [0.25, 0.3) is 0 Å². The third-order valence-corrected chi connectivity index (χ3v) is 3.99. The number of carbonyl (C=O) groups is 1. The number of hydrogen-bond donors (Lipinski definition) is 2. The van der Waals surface area contributed by atoms with Gasteiger partial charge in [0.25, 0.3) is 0 Å². The number of hydrogen-bond acceptors (Lipinski definition) is 3. The van der Waals surface area contributed by atoms with Crippen molar-refractivity contribution in [3.05, 3.63) is 23.8 Å². The Morgan fingerprint density at radius 3 is 2.94 bits per heavy atom. The largest absolute Gasteiger partial charge is 0.481 e. The summed E-state index contributed by atoms with van der Waals surface area (Å²) < 4.78 is 0. The Hall–Kier alpha value is -1.16. The van der Waals surface area contributed by atoms with Crippen molar-refractivity contribution in [2.45, 2.75) is 24.2 Å². The fourth-order valence-corrected chi connectivity index (χ4v) is 2.53. The van der Waals surface area contributed by atoms with Gasteiger partial charge < -0.3 is 10.4 Å². The molecule has 0 aliphatic carbocycles. The van der Waals surface area contributed by atoms with Crippen LogP contribution in [0.4, 0.5) is 5.69 Å². The SMILES string of the molecule is CC(C)(C(=O)O)c1ccc2c(c1)NCCS2. The minimum absolute atomic E-state index is 0.795. The Kier molecular flexibility index (Phi) is 2.84. The predicted octanol–water partition coefficient (Wildman–Crippen LogP) is 2.57. The van der Waals surface area contributed by atoms with Crippen LogP contribution in [0.15, 0.2) is 23.1 Å². The molecule has 1 heterocycles. The molecular weight excluding hydrogens is 222 g/mol. The second-order valence-corrected chi connectivity index (χ2v) is 5.55. The number of thioether (sulfide) groups is 1. The average molecular weight is 237 g/mol. The zero-order valence-corrected chi connectivity index (χ0v) is 10.2. The lowest BCUT2D eigenvalue weighted by Gasteiger charge is -2.23. The summed E-state index contributed by atoms with van der Waals surface area (Å²) in [5.74, 6) is 0.269. The fraction of sp³-hybridized carbons (Fsp3) is 0.417. The smallest absolute Gasteiger partial charge is 0.313 e. The Bertz CT molecular complexity index is 429. The summed E-state index contributed by atoms with van der Waals surface area (Å²) in [5, 5.41) is 12.5. The molecular formula is C12H15NO2S. The highest BCUT2D eigenvalue weighted by molar-refractivity contribution is 7.99.